The monoisotopic (exact) mass is 286 g/mol. The van der Waals surface area contributed by atoms with E-state index in [1.807, 2.05) is 0 Å². The minimum atomic E-state index is -1.28. The summed E-state index contributed by atoms with van der Waals surface area (Å²) >= 11 is 0. The third-order valence-corrected chi connectivity index (χ3v) is 5.95. The Morgan fingerprint density at radius 1 is 0.600 bits per heavy atom. The fourth-order valence-electron chi connectivity index (χ4n) is 3.12. The molecule has 0 bridgehead atoms. The second kappa shape index (κ2) is 5.68. The van der Waals surface area contributed by atoms with Crippen LogP contribution in [-0.4, -0.2) is 4.89 Å². The zero-order valence-electron chi connectivity index (χ0n) is 13.2. The molecule has 0 aliphatic heterocycles. The van der Waals surface area contributed by atoms with Gasteiger partial charge in [0.1, 0.15) is 0 Å². The molecule has 0 atom stereocenters. The van der Waals surface area contributed by atoms with E-state index in [9.17, 15) is 4.89 Å². The van der Waals surface area contributed by atoms with Crippen LogP contribution in [0.15, 0.2) is 24.3 Å². The lowest BCUT2D eigenvalue weighted by Gasteiger charge is -2.21. The number of hydrogen-bond donors (Lipinski definition) is 1. The Balaban J connectivity index is 2.61. The van der Waals surface area contributed by atoms with Crippen LogP contribution < -0.4 is 10.6 Å². The van der Waals surface area contributed by atoms with Crippen molar-refractivity contribution in [2.45, 2.75) is 41.5 Å². The molecule has 0 heterocycles. The first-order valence-corrected chi connectivity index (χ1v) is 8.25. The van der Waals surface area contributed by atoms with Gasteiger partial charge in [-0.15, -0.1) is 0 Å². The Morgan fingerprint density at radius 3 is 1.10 bits per heavy atom. The van der Waals surface area contributed by atoms with Crippen molar-refractivity contribution in [1.29, 1.82) is 0 Å². The molecule has 0 aliphatic carbocycles. The molecule has 1 N–H and O–H groups in total. The number of aryl methyl sites for hydroxylation is 6. The zero-order valence-corrected chi connectivity index (χ0v) is 14.1. The molecule has 2 heteroatoms. The normalized spacial score (nSPS) is 11.2. The molecule has 0 aliphatic rings. The summed E-state index contributed by atoms with van der Waals surface area (Å²) < 4.78 is 0. The predicted molar refractivity (Wildman–Crippen MR) is 89.7 cm³/mol. The van der Waals surface area contributed by atoms with Crippen LogP contribution in [0.25, 0.3) is 0 Å². The van der Waals surface area contributed by atoms with Crippen LogP contribution in [0.2, 0.25) is 0 Å². The average molecular weight is 286 g/mol. The van der Waals surface area contributed by atoms with Crippen molar-refractivity contribution in [1.82, 2.24) is 0 Å². The molecule has 0 aromatic heterocycles. The highest BCUT2D eigenvalue weighted by Crippen LogP contribution is 2.34. The minimum absolute atomic E-state index is 1.11. The third kappa shape index (κ3) is 2.80. The Labute approximate surface area is 123 Å². The molecule has 0 fully saturated rings. The molecular formula is C18H23OP. The summed E-state index contributed by atoms with van der Waals surface area (Å²) in [6.07, 6.45) is 0. The molecule has 0 saturated heterocycles. The quantitative estimate of drug-likeness (QED) is 0.831. The van der Waals surface area contributed by atoms with E-state index in [2.05, 4.69) is 65.8 Å². The van der Waals surface area contributed by atoms with Crippen LogP contribution in [0.4, 0.5) is 0 Å². The molecule has 0 saturated carbocycles. The van der Waals surface area contributed by atoms with Gasteiger partial charge in [0.15, 0.2) is 0 Å². The largest absolute Gasteiger partial charge is 0.364 e. The van der Waals surface area contributed by atoms with Gasteiger partial charge in [-0.3, -0.25) is 0 Å². The summed E-state index contributed by atoms with van der Waals surface area (Å²) in [4.78, 5) is 11.0. The molecule has 2 aromatic carbocycles. The Hall–Kier alpha value is -1.17. The lowest BCUT2D eigenvalue weighted by atomic mass is 10.1. The topological polar surface area (TPSA) is 20.2 Å². The molecule has 2 rings (SSSR count). The van der Waals surface area contributed by atoms with Crippen molar-refractivity contribution in [2.24, 2.45) is 0 Å². The van der Waals surface area contributed by atoms with E-state index in [1.165, 1.54) is 33.4 Å². The Bertz CT molecular complexity index is 555. The van der Waals surface area contributed by atoms with Gasteiger partial charge >= 0.3 is 0 Å². The summed E-state index contributed by atoms with van der Waals surface area (Å²) in [5.41, 5.74) is 7.27. The average Bonchev–Trinajstić information content (AvgIpc) is 2.25. The van der Waals surface area contributed by atoms with Crippen molar-refractivity contribution in [3.8, 4) is 0 Å². The van der Waals surface area contributed by atoms with Crippen molar-refractivity contribution >= 4 is 18.8 Å². The van der Waals surface area contributed by atoms with E-state index < -0.39 is 8.15 Å². The van der Waals surface area contributed by atoms with E-state index >= 15 is 0 Å². The van der Waals surface area contributed by atoms with Gasteiger partial charge in [0.25, 0.3) is 0 Å². The van der Waals surface area contributed by atoms with Gasteiger partial charge in [0.2, 0.25) is 0 Å². The maximum absolute atomic E-state index is 11.0. The summed E-state index contributed by atoms with van der Waals surface area (Å²) in [5, 5.41) is 2.22. The van der Waals surface area contributed by atoms with Crippen LogP contribution in [0.3, 0.4) is 0 Å². The predicted octanol–water partition coefficient (Wildman–Crippen LogP) is 3.88. The summed E-state index contributed by atoms with van der Waals surface area (Å²) in [5.74, 6) is 0. The van der Waals surface area contributed by atoms with Crippen molar-refractivity contribution in [3.63, 3.8) is 0 Å². The summed E-state index contributed by atoms with van der Waals surface area (Å²) in [7, 11) is -1.28. The second-order valence-electron chi connectivity index (χ2n) is 5.81. The maximum Gasteiger partial charge on any atom is 0.0888 e. The molecule has 0 amide bonds. The molecule has 2 aromatic rings. The first-order chi connectivity index (χ1) is 9.31. The zero-order chi connectivity index (χ0) is 15.0. The van der Waals surface area contributed by atoms with Gasteiger partial charge in [-0.05, 0) is 63.8 Å². The van der Waals surface area contributed by atoms with Crippen molar-refractivity contribution < 1.29 is 4.89 Å². The molecular weight excluding hydrogens is 263 g/mol. The van der Waals surface area contributed by atoms with Crippen LogP contribution in [0, 0.1) is 41.5 Å². The SMILES string of the molecule is Cc1cc(C)c(P(O)c2c(C)cc(C)cc2C)c(C)c1. The fourth-order valence-corrected chi connectivity index (χ4v) is 4.94. The van der Waals surface area contributed by atoms with Crippen LogP contribution in [0.5, 0.6) is 0 Å². The van der Waals surface area contributed by atoms with Gasteiger partial charge in [0, 0.05) is 10.6 Å². The van der Waals surface area contributed by atoms with Gasteiger partial charge in [0.05, 0.1) is 8.15 Å². The highest BCUT2D eigenvalue weighted by atomic mass is 31.1. The first-order valence-electron chi connectivity index (χ1n) is 6.96. The smallest absolute Gasteiger partial charge is 0.0888 e. The molecule has 1 nitrogen and oxygen atoms in total. The highest BCUT2D eigenvalue weighted by molar-refractivity contribution is 7.68. The molecule has 0 unspecified atom stereocenters. The molecule has 106 valence electrons. The van der Waals surface area contributed by atoms with Gasteiger partial charge < -0.3 is 4.89 Å². The van der Waals surface area contributed by atoms with Gasteiger partial charge in [-0.1, -0.05) is 35.4 Å². The number of hydrogen-bond acceptors (Lipinski definition) is 1. The van der Waals surface area contributed by atoms with E-state index in [1.54, 1.807) is 0 Å². The van der Waals surface area contributed by atoms with Crippen molar-refractivity contribution in [3.05, 3.63) is 57.6 Å². The second-order valence-corrected chi connectivity index (χ2v) is 7.32. The summed E-state index contributed by atoms with van der Waals surface area (Å²) in [6, 6.07) is 8.64. The summed E-state index contributed by atoms with van der Waals surface area (Å²) in [6.45, 7) is 12.6. The highest BCUT2D eigenvalue weighted by Gasteiger charge is 2.20. The molecule has 0 spiro atoms. The maximum atomic E-state index is 11.0. The Kier molecular flexibility index (Phi) is 4.32. The first kappa shape index (κ1) is 15.2. The lowest BCUT2D eigenvalue weighted by molar-refractivity contribution is 0.644. The standard InChI is InChI=1S/C18H23OP/c1-11-7-13(3)17(14(4)8-11)20(19)18-15(5)9-12(2)10-16(18)6/h7-10,19H,1-6H3. The van der Waals surface area contributed by atoms with E-state index in [0.717, 1.165) is 10.6 Å². The minimum Gasteiger partial charge on any atom is -0.364 e. The Morgan fingerprint density at radius 2 is 0.850 bits per heavy atom. The van der Waals surface area contributed by atoms with E-state index in [0.29, 0.717) is 0 Å². The third-order valence-electron chi connectivity index (χ3n) is 3.69. The van der Waals surface area contributed by atoms with Crippen molar-refractivity contribution in [2.75, 3.05) is 0 Å². The van der Waals surface area contributed by atoms with Crippen LogP contribution in [-0.2, 0) is 0 Å². The van der Waals surface area contributed by atoms with Gasteiger partial charge in [-0.2, -0.15) is 0 Å². The van der Waals surface area contributed by atoms with Gasteiger partial charge in [-0.25, -0.2) is 0 Å². The van der Waals surface area contributed by atoms with Crippen LogP contribution in [0.1, 0.15) is 33.4 Å². The number of benzene rings is 2. The molecule has 0 radical (unpaired) electrons. The lowest BCUT2D eigenvalue weighted by Crippen LogP contribution is -2.21. The van der Waals surface area contributed by atoms with E-state index in [-0.39, 0.29) is 0 Å². The fraction of sp³-hybridized carbons (Fsp3) is 0.333. The molecule has 20 heavy (non-hydrogen) atoms. The van der Waals surface area contributed by atoms with Crippen LogP contribution >= 0.6 is 8.15 Å². The van der Waals surface area contributed by atoms with E-state index in [4.69, 9.17) is 0 Å². The number of rotatable bonds is 2.